The summed E-state index contributed by atoms with van der Waals surface area (Å²) in [6.45, 7) is 2.52. The number of hydrogen-bond donors (Lipinski definition) is 1. The lowest BCUT2D eigenvalue weighted by Crippen LogP contribution is -2.04. The van der Waals surface area contributed by atoms with E-state index in [0.29, 0.717) is 12.2 Å². The molecule has 3 nitrogen and oxygen atoms in total. The molecule has 0 radical (unpaired) electrons. The molecule has 15 heavy (non-hydrogen) atoms. The highest BCUT2D eigenvalue weighted by molar-refractivity contribution is 5.40. The zero-order chi connectivity index (χ0) is 10.8. The lowest BCUT2D eigenvalue weighted by atomic mass is 10.2. The van der Waals surface area contributed by atoms with E-state index in [9.17, 15) is 4.39 Å². The zero-order valence-electron chi connectivity index (χ0n) is 8.44. The number of nitrogens with two attached hydrogens (primary N) is 1. The highest BCUT2D eigenvalue weighted by Gasteiger charge is 2.03. The first-order chi connectivity index (χ1) is 7.16. The molecule has 0 saturated carbocycles. The molecule has 1 aromatic carbocycles. The fourth-order valence-electron chi connectivity index (χ4n) is 1.38. The van der Waals surface area contributed by atoms with Crippen LogP contribution in [0.4, 0.5) is 10.1 Å². The van der Waals surface area contributed by atoms with Crippen molar-refractivity contribution < 1.29 is 4.39 Å². The Bertz CT molecular complexity index is 459. The van der Waals surface area contributed by atoms with E-state index in [2.05, 4.69) is 5.10 Å². The number of nitrogens with zero attached hydrogens (tertiary/aromatic N) is 2. The Kier molecular flexibility index (Phi) is 2.41. The van der Waals surface area contributed by atoms with Gasteiger partial charge >= 0.3 is 0 Å². The molecular formula is C11H12FN3. The van der Waals surface area contributed by atoms with Crippen molar-refractivity contribution in [1.82, 2.24) is 9.78 Å². The van der Waals surface area contributed by atoms with Crippen LogP contribution in [0.2, 0.25) is 0 Å². The Hall–Kier alpha value is -1.84. The van der Waals surface area contributed by atoms with Crippen molar-refractivity contribution in [2.24, 2.45) is 0 Å². The number of aromatic nitrogens is 2. The van der Waals surface area contributed by atoms with Gasteiger partial charge in [-0.2, -0.15) is 5.10 Å². The Morgan fingerprint density at radius 1 is 1.33 bits per heavy atom. The van der Waals surface area contributed by atoms with E-state index < -0.39 is 0 Å². The zero-order valence-corrected chi connectivity index (χ0v) is 8.44. The number of benzene rings is 1. The largest absolute Gasteiger partial charge is 0.396 e. The van der Waals surface area contributed by atoms with Crippen molar-refractivity contribution in [1.29, 1.82) is 0 Å². The summed E-state index contributed by atoms with van der Waals surface area (Å²) >= 11 is 0. The molecule has 1 heterocycles. The summed E-state index contributed by atoms with van der Waals surface area (Å²) in [6, 6.07) is 6.37. The van der Waals surface area contributed by atoms with Crippen LogP contribution in [0.3, 0.4) is 0 Å². The van der Waals surface area contributed by atoms with Crippen LogP contribution < -0.4 is 5.73 Å². The first kappa shape index (κ1) is 9.71. The van der Waals surface area contributed by atoms with Crippen LogP contribution in [0.1, 0.15) is 11.3 Å². The van der Waals surface area contributed by atoms with Gasteiger partial charge in [-0.1, -0.05) is 12.1 Å². The molecule has 78 valence electrons. The maximum absolute atomic E-state index is 12.7. The summed E-state index contributed by atoms with van der Waals surface area (Å²) in [5, 5.41) is 4.13. The average molecular weight is 205 g/mol. The second-order valence-corrected chi connectivity index (χ2v) is 3.47. The molecule has 0 atom stereocenters. The van der Waals surface area contributed by atoms with E-state index in [1.54, 1.807) is 23.0 Å². The molecule has 0 unspecified atom stereocenters. The second-order valence-electron chi connectivity index (χ2n) is 3.47. The van der Waals surface area contributed by atoms with Gasteiger partial charge in [-0.15, -0.1) is 0 Å². The van der Waals surface area contributed by atoms with Crippen LogP contribution in [0.25, 0.3) is 0 Å². The number of hydrogen-bond acceptors (Lipinski definition) is 2. The lowest BCUT2D eigenvalue weighted by molar-refractivity contribution is 0.623. The van der Waals surface area contributed by atoms with Crippen LogP contribution in [0.15, 0.2) is 30.5 Å². The van der Waals surface area contributed by atoms with Crippen molar-refractivity contribution in [3.63, 3.8) is 0 Å². The van der Waals surface area contributed by atoms with Gasteiger partial charge in [0.1, 0.15) is 5.82 Å². The molecule has 0 spiro atoms. The smallest absolute Gasteiger partial charge is 0.123 e. The fourth-order valence-corrected chi connectivity index (χ4v) is 1.38. The number of anilines is 1. The fraction of sp³-hybridized carbons (Fsp3) is 0.182. The SMILES string of the molecule is Cc1c(N)cnn1Cc1ccc(F)cc1. The second kappa shape index (κ2) is 3.73. The molecule has 0 aliphatic carbocycles. The average Bonchev–Trinajstić information content (AvgIpc) is 2.53. The Balaban J connectivity index is 2.22. The van der Waals surface area contributed by atoms with E-state index in [1.807, 2.05) is 6.92 Å². The van der Waals surface area contributed by atoms with Crippen LogP contribution >= 0.6 is 0 Å². The highest BCUT2D eigenvalue weighted by atomic mass is 19.1. The topological polar surface area (TPSA) is 43.8 Å². The predicted octanol–water partition coefficient (Wildman–Crippen LogP) is 1.96. The van der Waals surface area contributed by atoms with Crippen molar-refractivity contribution >= 4 is 5.69 Å². The minimum atomic E-state index is -0.226. The summed E-state index contributed by atoms with van der Waals surface area (Å²) in [6.07, 6.45) is 1.62. The summed E-state index contributed by atoms with van der Waals surface area (Å²) in [5.74, 6) is -0.226. The standard InChI is InChI=1S/C11H12FN3/c1-8-11(13)6-14-15(8)7-9-2-4-10(12)5-3-9/h2-6H,7,13H2,1H3. The molecule has 0 aliphatic heterocycles. The van der Waals surface area contributed by atoms with Crippen LogP contribution in [0, 0.1) is 12.7 Å². The molecule has 0 amide bonds. The number of rotatable bonds is 2. The molecule has 0 bridgehead atoms. The first-order valence-electron chi connectivity index (χ1n) is 4.69. The van der Waals surface area contributed by atoms with Crippen molar-refractivity contribution in [3.8, 4) is 0 Å². The maximum Gasteiger partial charge on any atom is 0.123 e. The van der Waals surface area contributed by atoms with Gasteiger partial charge in [-0.3, -0.25) is 4.68 Å². The van der Waals surface area contributed by atoms with Crippen LogP contribution in [0.5, 0.6) is 0 Å². The van der Waals surface area contributed by atoms with E-state index in [-0.39, 0.29) is 5.82 Å². The third kappa shape index (κ3) is 1.98. The Morgan fingerprint density at radius 3 is 2.53 bits per heavy atom. The first-order valence-corrected chi connectivity index (χ1v) is 4.69. The molecule has 1 aromatic heterocycles. The predicted molar refractivity (Wildman–Crippen MR) is 56.9 cm³/mol. The third-order valence-corrected chi connectivity index (χ3v) is 2.39. The molecule has 2 N–H and O–H groups in total. The Morgan fingerprint density at radius 2 is 2.00 bits per heavy atom. The van der Waals surface area contributed by atoms with E-state index >= 15 is 0 Å². The van der Waals surface area contributed by atoms with Gasteiger partial charge in [0.15, 0.2) is 0 Å². The molecule has 0 fully saturated rings. The summed E-state index contributed by atoms with van der Waals surface area (Å²) in [4.78, 5) is 0. The van der Waals surface area contributed by atoms with Crippen molar-refractivity contribution in [2.75, 3.05) is 5.73 Å². The van der Waals surface area contributed by atoms with Crippen LogP contribution in [-0.4, -0.2) is 9.78 Å². The van der Waals surface area contributed by atoms with Gasteiger partial charge in [0.05, 0.1) is 24.1 Å². The van der Waals surface area contributed by atoms with Gasteiger partial charge in [-0.25, -0.2) is 4.39 Å². The molecular weight excluding hydrogens is 193 g/mol. The minimum absolute atomic E-state index is 0.226. The minimum Gasteiger partial charge on any atom is -0.396 e. The van der Waals surface area contributed by atoms with Crippen LogP contribution in [-0.2, 0) is 6.54 Å². The van der Waals surface area contributed by atoms with E-state index in [0.717, 1.165) is 11.3 Å². The molecule has 0 saturated heterocycles. The Labute approximate surface area is 87.3 Å². The van der Waals surface area contributed by atoms with Crippen molar-refractivity contribution in [3.05, 3.63) is 47.5 Å². The van der Waals surface area contributed by atoms with E-state index in [1.165, 1.54) is 12.1 Å². The normalized spacial score (nSPS) is 10.5. The molecule has 4 heteroatoms. The molecule has 0 aliphatic rings. The van der Waals surface area contributed by atoms with E-state index in [4.69, 9.17) is 5.73 Å². The van der Waals surface area contributed by atoms with Gasteiger partial charge in [-0.05, 0) is 24.6 Å². The number of nitrogen functional groups attached to an aromatic ring is 1. The lowest BCUT2D eigenvalue weighted by Gasteiger charge is -2.04. The van der Waals surface area contributed by atoms with Crippen molar-refractivity contribution in [2.45, 2.75) is 13.5 Å². The monoisotopic (exact) mass is 205 g/mol. The number of halogens is 1. The summed E-state index contributed by atoms with van der Waals surface area (Å²) < 4.78 is 14.5. The van der Waals surface area contributed by atoms with Gasteiger partial charge < -0.3 is 5.73 Å². The third-order valence-electron chi connectivity index (χ3n) is 2.39. The van der Waals surface area contributed by atoms with Gasteiger partial charge in [0, 0.05) is 0 Å². The maximum atomic E-state index is 12.7. The highest BCUT2D eigenvalue weighted by Crippen LogP contribution is 2.11. The quantitative estimate of drug-likeness (QED) is 0.814. The molecule has 2 rings (SSSR count). The van der Waals surface area contributed by atoms with Gasteiger partial charge in [0.25, 0.3) is 0 Å². The molecule has 2 aromatic rings. The summed E-state index contributed by atoms with van der Waals surface area (Å²) in [5.41, 5.74) is 8.29. The van der Waals surface area contributed by atoms with Gasteiger partial charge in [0.2, 0.25) is 0 Å². The summed E-state index contributed by atoms with van der Waals surface area (Å²) in [7, 11) is 0.